The van der Waals surface area contributed by atoms with Crippen LogP contribution in [0.3, 0.4) is 0 Å². The van der Waals surface area contributed by atoms with Crippen LogP contribution in [0.2, 0.25) is 0 Å². The van der Waals surface area contributed by atoms with E-state index in [0.29, 0.717) is 17.9 Å². The van der Waals surface area contributed by atoms with E-state index >= 15 is 0 Å². The van der Waals surface area contributed by atoms with E-state index in [9.17, 15) is 19.3 Å². The maximum absolute atomic E-state index is 12.8. The Morgan fingerprint density at radius 2 is 0.976 bits per heavy atom. The fraction of sp³-hybridized carbons (Fsp3) is 0.586. The SMILES string of the molecule is CCOP(=O)(CC(O)COc1ccc(C)cc1Cc1cc(C)ccc1OCC(O)CP(=O)(OCC)OCC)OCC. The molecular formula is C29H46O10P2. The molecule has 0 spiro atoms. The van der Waals surface area contributed by atoms with Gasteiger partial charge in [0.15, 0.2) is 0 Å². The highest BCUT2D eigenvalue weighted by atomic mass is 31.2. The van der Waals surface area contributed by atoms with Gasteiger partial charge in [-0.15, -0.1) is 0 Å². The molecule has 0 fully saturated rings. The van der Waals surface area contributed by atoms with Gasteiger partial charge in [0.25, 0.3) is 0 Å². The lowest BCUT2D eigenvalue weighted by molar-refractivity contribution is 0.113. The molecule has 0 bridgehead atoms. The van der Waals surface area contributed by atoms with Crippen molar-refractivity contribution in [2.75, 3.05) is 52.0 Å². The number of aliphatic hydroxyl groups is 2. The number of rotatable bonds is 20. The van der Waals surface area contributed by atoms with E-state index < -0.39 is 27.4 Å². The molecule has 0 radical (unpaired) electrons. The summed E-state index contributed by atoms with van der Waals surface area (Å²) in [6, 6.07) is 11.5. The largest absolute Gasteiger partial charge is 0.491 e. The van der Waals surface area contributed by atoms with Crippen molar-refractivity contribution < 1.29 is 46.9 Å². The number of hydrogen-bond donors (Lipinski definition) is 2. The molecule has 0 aliphatic rings. The van der Waals surface area contributed by atoms with Crippen LogP contribution in [0.1, 0.15) is 49.9 Å². The summed E-state index contributed by atoms with van der Waals surface area (Å²) in [7, 11) is -6.84. The third-order valence-corrected chi connectivity index (χ3v) is 10.2. The normalized spacial score (nSPS) is 13.7. The van der Waals surface area contributed by atoms with Crippen molar-refractivity contribution >= 4 is 15.2 Å². The third-order valence-electron chi connectivity index (χ3n) is 5.85. The predicted octanol–water partition coefficient (Wildman–Crippen LogP) is 5.91. The molecule has 0 amide bonds. The van der Waals surface area contributed by atoms with E-state index in [1.54, 1.807) is 27.7 Å². The first-order valence-corrected chi connectivity index (χ1v) is 17.5. The van der Waals surface area contributed by atoms with Crippen LogP contribution in [0, 0.1) is 13.8 Å². The number of aliphatic hydroxyl groups excluding tert-OH is 2. The molecule has 0 aliphatic heterocycles. The molecule has 0 aromatic heterocycles. The minimum atomic E-state index is -3.42. The molecule has 12 heteroatoms. The van der Waals surface area contributed by atoms with Crippen molar-refractivity contribution in [3.05, 3.63) is 58.7 Å². The molecule has 0 heterocycles. The van der Waals surface area contributed by atoms with Crippen LogP contribution in [-0.4, -0.2) is 74.4 Å². The molecule has 0 aliphatic carbocycles. The Balaban J connectivity index is 2.16. The molecule has 2 N–H and O–H groups in total. The zero-order valence-corrected chi connectivity index (χ0v) is 26.8. The second-order valence-electron chi connectivity index (χ2n) is 9.59. The van der Waals surface area contributed by atoms with Gasteiger partial charge in [0, 0.05) is 6.42 Å². The topological polar surface area (TPSA) is 130 Å². The van der Waals surface area contributed by atoms with Crippen LogP contribution < -0.4 is 9.47 Å². The summed E-state index contributed by atoms with van der Waals surface area (Å²) < 4.78 is 58.7. The molecular weight excluding hydrogens is 570 g/mol. The van der Waals surface area contributed by atoms with Gasteiger partial charge in [-0.2, -0.15) is 0 Å². The van der Waals surface area contributed by atoms with Gasteiger partial charge >= 0.3 is 15.2 Å². The Morgan fingerprint density at radius 3 is 1.29 bits per heavy atom. The van der Waals surface area contributed by atoms with Gasteiger partial charge in [-0.3, -0.25) is 9.13 Å². The fourth-order valence-electron chi connectivity index (χ4n) is 4.25. The highest BCUT2D eigenvalue weighted by molar-refractivity contribution is 7.54. The van der Waals surface area contributed by atoms with Gasteiger partial charge in [-0.05, 0) is 64.8 Å². The lowest BCUT2D eigenvalue weighted by Crippen LogP contribution is -2.24. The van der Waals surface area contributed by atoms with Crippen molar-refractivity contribution in [1.29, 1.82) is 0 Å². The smallest absolute Gasteiger partial charge is 0.333 e. The standard InChI is InChI=1S/C29H46O10P2/c1-7-36-40(32,37-8-2)20-26(30)18-34-28-13-11-22(5)15-24(28)17-25-16-23(6)12-14-29(25)35-19-27(31)21-41(33,38-9-3)39-10-4/h11-16,26-27,30-31H,7-10,17-21H2,1-6H3. The minimum Gasteiger partial charge on any atom is -0.491 e. The molecule has 2 aromatic rings. The molecule has 41 heavy (non-hydrogen) atoms. The fourth-order valence-corrected chi connectivity index (χ4v) is 7.63. The number of ether oxygens (including phenoxy) is 2. The summed E-state index contributed by atoms with van der Waals surface area (Å²) in [5.74, 6) is 1.14. The van der Waals surface area contributed by atoms with Crippen LogP contribution in [0.15, 0.2) is 36.4 Å². The maximum Gasteiger partial charge on any atom is 0.333 e. The first-order valence-electron chi connectivity index (χ1n) is 14.0. The van der Waals surface area contributed by atoms with Crippen molar-refractivity contribution in [2.24, 2.45) is 0 Å². The first kappa shape index (κ1) is 35.5. The van der Waals surface area contributed by atoms with Crippen molar-refractivity contribution in [3.63, 3.8) is 0 Å². The van der Waals surface area contributed by atoms with E-state index in [4.69, 9.17) is 27.6 Å². The van der Waals surface area contributed by atoms with Crippen LogP contribution in [0.25, 0.3) is 0 Å². The zero-order chi connectivity index (χ0) is 30.5. The van der Waals surface area contributed by atoms with Gasteiger partial charge in [-0.25, -0.2) is 0 Å². The second kappa shape index (κ2) is 17.4. The average Bonchev–Trinajstić information content (AvgIpc) is 2.88. The maximum atomic E-state index is 12.8. The third kappa shape index (κ3) is 12.2. The summed E-state index contributed by atoms with van der Waals surface area (Å²) in [6.45, 7) is 11.5. The van der Waals surface area contributed by atoms with Crippen molar-refractivity contribution in [2.45, 2.75) is 60.2 Å². The molecule has 2 rings (SSSR count). The summed E-state index contributed by atoms with van der Waals surface area (Å²) in [5, 5.41) is 21.1. The highest BCUT2D eigenvalue weighted by Gasteiger charge is 2.29. The lowest BCUT2D eigenvalue weighted by atomic mass is 10.00. The van der Waals surface area contributed by atoms with Crippen LogP contribution in [0.5, 0.6) is 11.5 Å². The quantitative estimate of drug-likeness (QED) is 0.173. The Hall–Kier alpha value is -1.74. The molecule has 2 unspecified atom stereocenters. The Labute approximate surface area is 244 Å². The lowest BCUT2D eigenvalue weighted by Gasteiger charge is -2.22. The second-order valence-corrected chi connectivity index (χ2v) is 13.8. The highest BCUT2D eigenvalue weighted by Crippen LogP contribution is 2.49. The minimum absolute atomic E-state index is 0.0940. The summed E-state index contributed by atoms with van der Waals surface area (Å²) in [6.07, 6.45) is -2.01. The Bertz CT molecular complexity index is 1060. The van der Waals surface area contributed by atoms with Crippen LogP contribution >= 0.6 is 15.2 Å². The van der Waals surface area contributed by atoms with E-state index in [1.807, 2.05) is 50.2 Å². The summed E-state index contributed by atoms with van der Waals surface area (Å²) in [4.78, 5) is 0. The van der Waals surface area contributed by atoms with Crippen LogP contribution in [-0.2, 0) is 33.6 Å². The zero-order valence-electron chi connectivity index (χ0n) is 25.0. The summed E-state index contributed by atoms with van der Waals surface area (Å²) in [5.41, 5.74) is 3.78. The first-order chi connectivity index (χ1) is 19.5. The number of aryl methyl sites for hydroxylation is 2. The van der Waals surface area contributed by atoms with Gasteiger partial charge in [0.2, 0.25) is 0 Å². The van der Waals surface area contributed by atoms with Gasteiger partial charge in [0.1, 0.15) is 24.7 Å². The summed E-state index contributed by atoms with van der Waals surface area (Å²) >= 11 is 0. The molecule has 2 atom stereocenters. The molecule has 10 nitrogen and oxygen atoms in total. The van der Waals surface area contributed by atoms with Gasteiger partial charge < -0.3 is 37.8 Å². The van der Waals surface area contributed by atoms with E-state index in [2.05, 4.69) is 0 Å². The van der Waals surface area contributed by atoms with E-state index in [0.717, 1.165) is 22.3 Å². The molecule has 0 saturated carbocycles. The molecule has 2 aromatic carbocycles. The van der Waals surface area contributed by atoms with E-state index in [1.165, 1.54) is 0 Å². The van der Waals surface area contributed by atoms with Gasteiger partial charge in [0.05, 0.1) is 51.0 Å². The Kier molecular flexibility index (Phi) is 15.0. The Morgan fingerprint density at radius 1 is 0.634 bits per heavy atom. The number of hydrogen-bond acceptors (Lipinski definition) is 10. The monoisotopic (exact) mass is 616 g/mol. The van der Waals surface area contributed by atoms with Gasteiger partial charge in [-0.1, -0.05) is 35.4 Å². The predicted molar refractivity (Wildman–Crippen MR) is 160 cm³/mol. The van der Waals surface area contributed by atoms with Crippen molar-refractivity contribution in [3.8, 4) is 11.5 Å². The average molecular weight is 617 g/mol. The molecule has 232 valence electrons. The number of benzene rings is 2. The van der Waals surface area contributed by atoms with Crippen LogP contribution in [0.4, 0.5) is 0 Å². The van der Waals surface area contributed by atoms with Crippen molar-refractivity contribution in [1.82, 2.24) is 0 Å². The van der Waals surface area contributed by atoms with E-state index in [-0.39, 0.29) is 52.0 Å². The molecule has 0 saturated heterocycles.